The van der Waals surface area contributed by atoms with Crippen molar-refractivity contribution < 1.29 is 5.11 Å². The highest BCUT2D eigenvalue weighted by Crippen LogP contribution is 2.18. The van der Waals surface area contributed by atoms with Crippen molar-refractivity contribution in [2.24, 2.45) is 5.92 Å². The summed E-state index contributed by atoms with van der Waals surface area (Å²) in [5.41, 5.74) is 0. The van der Waals surface area contributed by atoms with Gasteiger partial charge < -0.3 is 10.4 Å². The normalized spacial score (nSPS) is 21.0. The van der Waals surface area contributed by atoms with Gasteiger partial charge in [0.15, 0.2) is 0 Å². The van der Waals surface area contributed by atoms with Gasteiger partial charge in [0.1, 0.15) is 0 Å². The van der Waals surface area contributed by atoms with Crippen LogP contribution in [0.25, 0.3) is 0 Å². The molecule has 72 valence electrons. The summed E-state index contributed by atoms with van der Waals surface area (Å²) in [6.45, 7) is 5.10. The van der Waals surface area contributed by atoms with Crippen molar-refractivity contribution in [2.75, 3.05) is 6.54 Å². The Morgan fingerprint density at radius 3 is 2.50 bits per heavy atom. The van der Waals surface area contributed by atoms with E-state index in [0.29, 0.717) is 5.92 Å². The summed E-state index contributed by atoms with van der Waals surface area (Å²) in [5.74, 6) is 0.396. The summed E-state index contributed by atoms with van der Waals surface area (Å²) in [6, 6.07) is 0.754. The molecule has 0 heterocycles. The summed E-state index contributed by atoms with van der Waals surface area (Å²) in [7, 11) is 0. The van der Waals surface area contributed by atoms with Crippen molar-refractivity contribution in [1.82, 2.24) is 5.32 Å². The van der Waals surface area contributed by atoms with E-state index in [9.17, 15) is 5.11 Å². The van der Waals surface area contributed by atoms with Crippen LogP contribution in [-0.4, -0.2) is 23.8 Å². The lowest BCUT2D eigenvalue weighted by Gasteiger charge is -2.27. The van der Waals surface area contributed by atoms with Gasteiger partial charge in [-0.1, -0.05) is 20.3 Å². The minimum absolute atomic E-state index is 0.127. The Balaban J connectivity index is 1.93. The Morgan fingerprint density at radius 1 is 1.42 bits per heavy atom. The third kappa shape index (κ3) is 3.11. The van der Waals surface area contributed by atoms with Gasteiger partial charge in [-0.05, 0) is 31.7 Å². The Kier molecular flexibility index (Phi) is 4.02. The summed E-state index contributed by atoms with van der Waals surface area (Å²) >= 11 is 0. The van der Waals surface area contributed by atoms with Gasteiger partial charge in [-0.3, -0.25) is 0 Å². The molecule has 2 nitrogen and oxygen atoms in total. The molecule has 0 aromatic rings. The standard InChI is InChI=1S/C10H21NO/c1-8(2)10(12)6-7-11-9-4-3-5-9/h8-12H,3-7H2,1-2H3. The molecule has 1 saturated carbocycles. The molecule has 0 amide bonds. The zero-order valence-electron chi connectivity index (χ0n) is 8.21. The highest BCUT2D eigenvalue weighted by atomic mass is 16.3. The van der Waals surface area contributed by atoms with Crippen LogP contribution in [0, 0.1) is 5.92 Å². The van der Waals surface area contributed by atoms with Gasteiger partial charge in [0, 0.05) is 6.04 Å². The molecule has 1 aliphatic rings. The van der Waals surface area contributed by atoms with Crippen molar-refractivity contribution in [3.63, 3.8) is 0 Å². The van der Waals surface area contributed by atoms with Crippen LogP contribution in [0.15, 0.2) is 0 Å². The topological polar surface area (TPSA) is 32.3 Å². The van der Waals surface area contributed by atoms with Gasteiger partial charge in [-0.25, -0.2) is 0 Å². The fraction of sp³-hybridized carbons (Fsp3) is 1.00. The SMILES string of the molecule is CC(C)C(O)CCNC1CCC1. The Bertz CT molecular complexity index is 121. The van der Waals surface area contributed by atoms with Crippen LogP contribution in [-0.2, 0) is 0 Å². The first kappa shape index (κ1) is 10.0. The zero-order valence-corrected chi connectivity index (χ0v) is 8.21. The van der Waals surface area contributed by atoms with Crippen LogP contribution in [0.1, 0.15) is 39.5 Å². The molecule has 0 bridgehead atoms. The number of aliphatic hydroxyl groups excluding tert-OH is 1. The van der Waals surface area contributed by atoms with Gasteiger partial charge in [0.25, 0.3) is 0 Å². The average molecular weight is 171 g/mol. The van der Waals surface area contributed by atoms with Crippen LogP contribution in [0.3, 0.4) is 0 Å². The smallest absolute Gasteiger partial charge is 0.0575 e. The van der Waals surface area contributed by atoms with E-state index >= 15 is 0 Å². The lowest BCUT2D eigenvalue weighted by Crippen LogP contribution is -2.37. The monoisotopic (exact) mass is 171 g/mol. The maximum atomic E-state index is 9.49. The van der Waals surface area contributed by atoms with Crippen molar-refractivity contribution in [3.8, 4) is 0 Å². The van der Waals surface area contributed by atoms with Crippen molar-refractivity contribution in [1.29, 1.82) is 0 Å². The number of hydrogen-bond acceptors (Lipinski definition) is 2. The predicted octanol–water partition coefficient (Wildman–Crippen LogP) is 1.54. The van der Waals surface area contributed by atoms with E-state index < -0.39 is 0 Å². The maximum Gasteiger partial charge on any atom is 0.0575 e. The Hall–Kier alpha value is -0.0800. The molecule has 0 spiro atoms. The van der Waals surface area contributed by atoms with E-state index in [0.717, 1.165) is 19.0 Å². The van der Waals surface area contributed by atoms with Crippen LogP contribution in [0.2, 0.25) is 0 Å². The van der Waals surface area contributed by atoms with Crippen molar-refractivity contribution in [2.45, 2.75) is 51.7 Å². The van der Waals surface area contributed by atoms with E-state index in [4.69, 9.17) is 0 Å². The highest BCUT2D eigenvalue weighted by Gasteiger charge is 2.16. The first-order valence-electron chi connectivity index (χ1n) is 5.11. The molecule has 0 aliphatic heterocycles. The minimum atomic E-state index is -0.127. The molecule has 0 radical (unpaired) electrons. The Labute approximate surface area is 75.4 Å². The zero-order chi connectivity index (χ0) is 8.97. The molecule has 1 rings (SSSR count). The number of hydrogen-bond donors (Lipinski definition) is 2. The largest absolute Gasteiger partial charge is 0.393 e. The van der Waals surface area contributed by atoms with Crippen LogP contribution in [0.4, 0.5) is 0 Å². The van der Waals surface area contributed by atoms with Gasteiger partial charge in [0.2, 0.25) is 0 Å². The molecule has 1 atom stereocenters. The second-order valence-corrected chi connectivity index (χ2v) is 4.18. The molecule has 2 N–H and O–H groups in total. The molecular weight excluding hydrogens is 150 g/mol. The van der Waals surface area contributed by atoms with Crippen LogP contribution in [0.5, 0.6) is 0 Å². The molecule has 0 aromatic carbocycles. The fourth-order valence-electron chi connectivity index (χ4n) is 1.38. The van der Waals surface area contributed by atoms with E-state index in [1.807, 2.05) is 0 Å². The molecule has 1 unspecified atom stereocenters. The summed E-state index contributed by atoms with van der Waals surface area (Å²) in [6.07, 6.45) is 4.81. The summed E-state index contributed by atoms with van der Waals surface area (Å²) in [4.78, 5) is 0. The van der Waals surface area contributed by atoms with Crippen LogP contribution >= 0.6 is 0 Å². The molecule has 12 heavy (non-hydrogen) atoms. The minimum Gasteiger partial charge on any atom is -0.393 e. The second kappa shape index (κ2) is 4.83. The average Bonchev–Trinajstić information content (AvgIpc) is 1.93. The van der Waals surface area contributed by atoms with Gasteiger partial charge in [0.05, 0.1) is 6.10 Å². The number of aliphatic hydroxyl groups is 1. The first-order chi connectivity index (χ1) is 5.70. The van der Waals surface area contributed by atoms with Crippen molar-refractivity contribution >= 4 is 0 Å². The maximum absolute atomic E-state index is 9.49. The second-order valence-electron chi connectivity index (χ2n) is 4.18. The van der Waals surface area contributed by atoms with Gasteiger partial charge in [-0.15, -0.1) is 0 Å². The first-order valence-corrected chi connectivity index (χ1v) is 5.11. The van der Waals surface area contributed by atoms with Crippen LogP contribution < -0.4 is 5.32 Å². The van der Waals surface area contributed by atoms with E-state index in [1.54, 1.807) is 0 Å². The lowest BCUT2D eigenvalue weighted by molar-refractivity contribution is 0.113. The van der Waals surface area contributed by atoms with Crippen molar-refractivity contribution in [3.05, 3.63) is 0 Å². The quantitative estimate of drug-likeness (QED) is 0.657. The molecule has 0 aromatic heterocycles. The van der Waals surface area contributed by atoms with E-state index in [1.165, 1.54) is 19.3 Å². The summed E-state index contributed by atoms with van der Waals surface area (Å²) < 4.78 is 0. The summed E-state index contributed by atoms with van der Waals surface area (Å²) in [5, 5.41) is 12.9. The van der Waals surface area contributed by atoms with E-state index in [-0.39, 0.29) is 6.10 Å². The third-order valence-electron chi connectivity index (χ3n) is 2.75. The molecule has 0 saturated heterocycles. The van der Waals surface area contributed by atoms with E-state index in [2.05, 4.69) is 19.2 Å². The molecule has 2 heteroatoms. The Morgan fingerprint density at radius 2 is 2.08 bits per heavy atom. The molecule has 1 fully saturated rings. The lowest BCUT2D eigenvalue weighted by atomic mass is 9.93. The highest BCUT2D eigenvalue weighted by molar-refractivity contribution is 4.76. The molecule has 1 aliphatic carbocycles. The van der Waals surface area contributed by atoms with Gasteiger partial charge >= 0.3 is 0 Å². The third-order valence-corrected chi connectivity index (χ3v) is 2.75. The molecular formula is C10H21NO. The predicted molar refractivity (Wildman–Crippen MR) is 51.1 cm³/mol. The number of nitrogens with one attached hydrogen (secondary N) is 1. The van der Waals surface area contributed by atoms with Gasteiger partial charge in [-0.2, -0.15) is 0 Å². The fourth-order valence-corrected chi connectivity index (χ4v) is 1.38. The number of rotatable bonds is 5.